The number of rotatable bonds is 1. The molecular weight excluding hydrogens is 316 g/mol. The van der Waals surface area contributed by atoms with Crippen molar-refractivity contribution < 1.29 is 17.6 Å². The van der Waals surface area contributed by atoms with Crippen molar-refractivity contribution >= 4 is 16.8 Å². The Hall–Kier alpha value is -3.06. The number of benzene rings is 3. The molecule has 0 N–H and O–H groups in total. The van der Waals surface area contributed by atoms with Gasteiger partial charge < -0.3 is 0 Å². The van der Waals surface area contributed by atoms with E-state index < -0.39 is 23.3 Å². The number of hydrogen-bond acceptors (Lipinski definition) is 0. The first kappa shape index (κ1) is 15.8. The smallest absolute Gasteiger partial charge is 0.195 e. The van der Waals surface area contributed by atoms with Crippen LogP contribution < -0.4 is 0 Å². The molecule has 0 unspecified atom stereocenters. The first-order valence-corrected chi connectivity index (χ1v) is 7.01. The molecular formula is C20H10F4. The molecule has 4 heteroatoms. The van der Waals surface area contributed by atoms with Crippen molar-refractivity contribution in [3.05, 3.63) is 89.0 Å². The summed E-state index contributed by atoms with van der Waals surface area (Å²) >= 11 is 0. The summed E-state index contributed by atoms with van der Waals surface area (Å²) in [7, 11) is 0. The number of hydrogen-bond donors (Lipinski definition) is 0. The fourth-order valence-electron chi connectivity index (χ4n) is 2.28. The second kappa shape index (κ2) is 6.21. The van der Waals surface area contributed by atoms with E-state index in [1.165, 1.54) is 36.4 Å². The lowest BCUT2D eigenvalue weighted by molar-refractivity contribution is 0.453. The predicted octanol–water partition coefficient (Wildman–Crippen LogP) is 5.44. The van der Waals surface area contributed by atoms with Crippen LogP contribution in [0.2, 0.25) is 0 Å². The maximum absolute atomic E-state index is 13.9. The van der Waals surface area contributed by atoms with Crippen molar-refractivity contribution in [2.24, 2.45) is 0 Å². The molecule has 0 saturated heterocycles. The van der Waals surface area contributed by atoms with E-state index in [-0.39, 0.29) is 16.3 Å². The van der Waals surface area contributed by atoms with E-state index in [1.54, 1.807) is 6.07 Å². The third-order valence-corrected chi connectivity index (χ3v) is 3.54. The minimum absolute atomic E-state index is 0.0408. The van der Waals surface area contributed by atoms with Crippen LogP contribution in [0.5, 0.6) is 0 Å². The Balaban J connectivity index is 2.03. The minimum atomic E-state index is -1.51. The van der Waals surface area contributed by atoms with Gasteiger partial charge in [-0.05, 0) is 41.3 Å². The molecule has 0 aromatic heterocycles. The maximum atomic E-state index is 13.9. The Morgan fingerprint density at radius 2 is 1.58 bits per heavy atom. The first-order valence-electron chi connectivity index (χ1n) is 7.01. The Morgan fingerprint density at radius 3 is 2.29 bits per heavy atom. The summed E-state index contributed by atoms with van der Waals surface area (Å²) in [6.07, 6.45) is 1.52. The first-order chi connectivity index (χ1) is 11.5. The predicted molar refractivity (Wildman–Crippen MR) is 86.3 cm³/mol. The van der Waals surface area contributed by atoms with Gasteiger partial charge in [0.1, 0.15) is 5.82 Å². The van der Waals surface area contributed by atoms with Crippen LogP contribution in [-0.4, -0.2) is 0 Å². The van der Waals surface area contributed by atoms with Gasteiger partial charge in [0.2, 0.25) is 0 Å². The van der Waals surface area contributed by atoms with Crippen LogP contribution in [0.4, 0.5) is 17.6 Å². The van der Waals surface area contributed by atoms with Gasteiger partial charge in [-0.1, -0.05) is 36.6 Å². The molecule has 0 nitrogen and oxygen atoms in total. The zero-order valence-corrected chi connectivity index (χ0v) is 12.3. The molecule has 0 radical (unpaired) electrons. The molecule has 0 bridgehead atoms. The molecule has 3 aromatic rings. The molecule has 0 spiro atoms. The molecule has 24 heavy (non-hydrogen) atoms. The van der Waals surface area contributed by atoms with E-state index >= 15 is 0 Å². The van der Waals surface area contributed by atoms with E-state index in [9.17, 15) is 17.6 Å². The van der Waals surface area contributed by atoms with Crippen molar-refractivity contribution in [3.63, 3.8) is 0 Å². The summed E-state index contributed by atoms with van der Waals surface area (Å²) in [6, 6.07) is 9.61. The van der Waals surface area contributed by atoms with Gasteiger partial charge in [-0.3, -0.25) is 0 Å². The molecule has 0 heterocycles. The summed E-state index contributed by atoms with van der Waals surface area (Å²) in [4.78, 5) is 0. The summed E-state index contributed by atoms with van der Waals surface area (Å²) in [5.41, 5.74) is 1.26. The quantitative estimate of drug-likeness (QED) is 0.317. The fourth-order valence-corrected chi connectivity index (χ4v) is 2.28. The lowest BCUT2D eigenvalue weighted by Crippen LogP contribution is -1.92. The van der Waals surface area contributed by atoms with Crippen LogP contribution in [0, 0.1) is 35.1 Å². The average molecular weight is 326 g/mol. The second-order valence-corrected chi connectivity index (χ2v) is 5.12. The largest absolute Gasteiger partial charge is 0.206 e. The molecule has 0 amide bonds. The third kappa shape index (κ3) is 2.89. The summed E-state index contributed by atoms with van der Waals surface area (Å²) < 4.78 is 54.0. The van der Waals surface area contributed by atoms with Crippen molar-refractivity contribution in [1.29, 1.82) is 0 Å². The standard InChI is InChI=1S/C20H10F4/c1-2-12-3-6-14(17(21)10-12)7-4-13-5-8-16-15(9-13)11-18(22)20(24)19(16)23/h2-3,5-6,8-11H,1H2. The van der Waals surface area contributed by atoms with Crippen molar-refractivity contribution in [3.8, 4) is 11.8 Å². The Morgan fingerprint density at radius 1 is 0.792 bits per heavy atom. The average Bonchev–Trinajstić information content (AvgIpc) is 2.58. The fraction of sp³-hybridized carbons (Fsp3) is 0. The van der Waals surface area contributed by atoms with Gasteiger partial charge in [-0.15, -0.1) is 0 Å². The Bertz CT molecular complexity index is 1020. The van der Waals surface area contributed by atoms with Gasteiger partial charge in [0, 0.05) is 10.9 Å². The van der Waals surface area contributed by atoms with Crippen LogP contribution in [-0.2, 0) is 0 Å². The van der Waals surface area contributed by atoms with E-state index in [1.807, 2.05) is 0 Å². The lowest BCUT2D eigenvalue weighted by Gasteiger charge is -2.02. The summed E-state index contributed by atoms with van der Waals surface area (Å²) in [6.45, 7) is 3.55. The van der Waals surface area contributed by atoms with Gasteiger partial charge in [0.05, 0.1) is 5.56 Å². The molecule has 0 aliphatic heterocycles. The normalized spacial score (nSPS) is 10.3. The molecule has 118 valence electrons. The van der Waals surface area contributed by atoms with E-state index in [2.05, 4.69) is 18.4 Å². The lowest BCUT2D eigenvalue weighted by atomic mass is 10.1. The van der Waals surface area contributed by atoms with Gasteiger partial charge in [-0.2, -0.15) is 0 Å². The van der Waals surface area contributed by atoms with Gasteiger partial charge in [-0.25, -0.2) is 17.6 Å². The van der Waals surface area contributed by atoms with Crippen molar-refractivity contribution in [2.75, 3.05) is 0 Å². The van der Waals surface area contributed by atoms with E-state index in [4.69, 9.17) is 0 Å². The van der Waals surface area contributed by atoms with Gasteiger partial charge >= 0.3 is 0 Å². The maximum Gasteiger partial charge on any atom is 0.195 e. The van der Waals surface area contributed by atoms with Gasteiger partial charge in [0.15, 0.2) is 17.5 Å². The zero-order valence-electron chi connectivity index (χ0n) is 12.3. The molecule has 0 aliphatic carbocycles. The molecule has 0 saturated carbocycles. The third-order valence-electron chi connectivity index (χ3n) is 3.54. The molecule has 0 atom stereocenters. The second-order valence-electron chi connectivity index (χ2n) is 5.12. The van der Waals surface area contributed by atoms with E-state index in [0.717, 1.165) is 6.07 Å². The summed E-state index contributed by atoms with van der Waals surface area (Å²) in [5, 5.41) is 0.140. The van der Waals surface area contributed by atoms with E-state index in [0.29, 0.717) is 11.1 Å². The molecule has 0 aliphatic rings. The molecule has 3 rings (SSSR count). The van der Waals surface area contributed by atoms with Gasteiger partial charge in [0.25, 0.3) is 0 Å². The summed E-state index contributed by atoms with van der Waals surface area (Å²) in [5.74, 6) is 0.893. The Labute approximate surface area is 136 Å². The number of fused-ring (bicyclic) bond motifs is 1. The minimum Gasteiger partial charge on any atom is -0.206 e. The van der Waals surface area contributed by atoms with Crippen LogP contribution in [0.1, 0.15) is 16.7 Å². The van der Waals surface area contributed by atoms with Crippen molar-refractivity contribution in [1.82, 2.24) is 0 Å². The highest BCUT2D eigenvalue weighted by Crippen LogP contribution is 2.24. The van der Waals surface area contributed by atoms with Crippen molar-refractivity contribution in [2.45, 2.75) is 0 Å². The van der Waals surface area contributed by atoms with Crippen LogP contribution in [0.3, 0.4) is 0 Å². The zero-order chi connectivity index (χ0) is 17.3. The topological polar surface area (TPSA) is 0 Å². The molecule has 3 aromatic carbocycles. The SMILES string of the molecule is C=Cc1ccc(C#Cc2ccc3c(F)c(F)c(F)cc3c2)c(F)c1. The van der Waals surface area contributed by atoms with Crippen LogP contribution in [0.15, 0.2) is 49.0 Å². The monoisotopic (exact) mass is 326 g/mol. The van der Waals surface area contributed by atoms with Crippen LogP contribution in [0.25, 0.3) is 16.8 Å². The highest BCUT2D eigenvalue weighted by atomic mass is 19.2. The Kier molecular flexibility index (Phi) is 4.09. The molecule has 0 fully saturated rings. The number of halogens is 4. The van der Waals surface area contributed by atoms with Crippen LogP contribution >= 0.6 is 0 Å². The highest BCUT2D eigenvalue weighted by molar-refractivity contribution is 5.84. The highest BCUT2D eigenvalue weighted by Gasteiger charge is 2.13.